The van der Waals surface area contributed by atoms with Crippen molar-refractivity contribution >= 4 is 43.7 Å². The van der Waals surface area contributed by atoms with Gasteiger partial charge in [0.25, 0.3) is 0 Å². The van der Waals surface area contributed by atoms with E-state index in [9.17, 15) is 0 Å². The Morgan fingerprint density at radius 3 is 1.76 bits per heavy atom. The van der Waals surface area contributed by atoms with Crippen LogP contribution >= 0.6 is 0 Å². The SMILES string of the molecule is c1ccc(-c2ncc(-n3c4ccccc4c4cc(-c5ccc6c(c5)c5ncccc5n6-c5ccccc5)ccc43)c(-c3ccccc3)n2)cc1. The summed E-state index contributed by atoms with van der Waals surface area (Å²) in [6.45, 7) is 0. The molecule has 0 saturated heterocycles. The largest absolute Gasteiger partial charge is 0.308 e. The third kappa shape index (κ3) is 4.45. The zero-order valence-corrected chi connectivity index (χ0v) is 27.0. The molecule has 0 fully saturated rings. The van der Waals surface area contributed by atoms with Gasteiger partial charge >= 0.3 is 0 Å². The zero-order chi connectivity index (χ0) is 33.0. The van der Waals surface area contributed by atoms with Crippen molar-refractivity contribution < 1.29 is 0 Å². The predicted octanol–water partition coefficient (Wildman–Crippen LogP) is 11.1. The third-order valence-electron chi connectivity index (χ3n) is 9.63. The van der Waals surface area contributed by atoms with Crippen LogP contribution in [0.2, 0.25) is 0 Å². The molecule has 0 bridgehead atoms. The summed E-state index contributed by atoms with van der Waals surface area (Å²) in [5, 5.41) is 3.49. The van der Waals surface area contributed by atoms with Crippen molar-refractivity contribution in [1.82, 2.24) is 24.1 Å². The zero-order valence-electron chi connectivity index (χ0n) is 27.0. The van der Waals surface area contributed by atoms with Gasteiger partial charge in [0, 0.05) is 39.2 Å². The molecule has 0 radical (unpaired) electrons. The molecule has 0 aliphatic rings. The van der Waals surface area contributed by atoms with Crippen molar-refractivity contribution in [3.63, 3.8) is 0 Å². The van der Waals surface area contributed by atoms with Crippen LogP contribution in [-0.4, -0.2) is 24.1 Å². The van der Waals surface area contributed by atoms with Crippen LogP contribution in [0.3, 0.4) is 0 Å². The molecule has 4 aromatic heterocycles. The second-order valence-electron chi connectivity index (χ2n) is 12.5. The lowest BCUT2D eigenvalue weighted by Gasteiger charge is -2.14. The van der Waals surface area contributed by atoms with Gasteiger partial charge in [-0.2, -0.15) is 0 Å². The quantitative estimate of drug-likeness (QED) is 0.188. The molecule has 0 unspecified atom stereocenters. The fraction of sp³-hybridized carbons (Fsp3) is 0. The smallest absolute Gasteiger partial charge is 0.159 e. The van der Waals surface area contributed by atoms with Crippen LogP contribution in [0.5, 0.6) is 0 Å². The van der Waals surface area contributed by atoms with Crippen LogP contribution in [0.15, 0.2) is 176 Å². The van der Waals surface area contributed by atoms with Crippen LogP contribution < -0.4 is 0 Å². The molecule has 0 aliphatic carbocycles. The molecule has 50 heavy (non-hydrogen) atoms. The molecule has 10 aromatic rings. The Bertz CT molecular complexity index is 2850. The van der Waals surface area contributed by atoms with Gasteiger partial charge in [-0.05, 0) is 65.7 Å². The number of aromatic nitrogens is 5. The Labute approximate surface area is 288 Å². The highest BCUT2D eigenvalue weighted by atomic mass is 15.0. The van der Waals surface area contributed by atoms with Gasteiger partial charge in [0.05, 0.1) is 45.2 Å². The monoisotopic (exact) mass is 639 g/mol. The van der Waals surface area contributed by atoms with E-state index in [0.29, 0.717) is 5.82 Å². The number of pyridine rings is 1. The standard InChI is InChI=1S/C45H29N5/c1-4-13-30(14-5-1)43-42(29-47-45(48-43)31-15-6-2-7-16-31)50-38-20-11-10-19-35(38)36-27-32(22-24-39(36)50)33-23-25-40-37(28-33)44-41(21-12-26-46-44)49(40)34-17-8-3-9-18-34/h1-29H. The van der Waals surface area contributed by atoms with Crippen LogP contribution in [0, 0.1) is 0 Å². The molecule has 234 valence electrons. The molecule has 10 rings (SSSR count). The lowest BCUT2D eigenvalue weighted by atomic mass is 10.0. The maximum absolute atomic E-state index is 5.19. The average Bonchev–Trinajstić information content (AvgIpc) is 3.71. The van der Waals surface area contributed by atoms with E-state index in [1.54, 1.807) is 0 Å². The molecule has 6 aromatic carbocycles. The molecule has 0 saturated carbocycles. The van der Waals surface area contributed by atoms with Crippen LogP contribution in [0.4, 0.5) is 0 Å². The Balaban J connectivity index is 1.17. The van der Waals surface area contributed by atoms with E-state index >= 15 is 0 Å². The molecular weight excluding hydrogens is 611 g/mol. The van der Waals surface area contributed by atoms with E-state index in [4.69, 9.17) is 15.0 Å². The Morgan fingerprint density at radius 2 is 1.00 bits per heavy atom. The van der Waals surface area contributed by atoms with Gasteiger partial charge in [0.1, 0.15) is 0 Å². The fourth-order valence-electron chi connectivity index (χ4n) is 7.36. The molecule has 0 spiro atoms. The van der Waals surface area contributed by atoms with Gasteiger partial charge in [-0.15, -0.1) is 0 Å². The summed E-state index contributed by atoms with van der Waals surface area (Å²) in [7, 11) is 0. The molecule has 5 heteroatoms. The van der Waals surface area contributed by atoms with Gasteiger partial charge in [-0.3, -0.25) is 4.98 Å². The Morgan fingerprint density at radius 1 is 0.400 bits per heavy atom. The number of fused-ring (bicyclic) bond motifs is 6. The molecule has 4 heterocycles. The number of hydrogen-bond donors (Lipinski definition) is 0. The van der Waals surface area contributed by atoms with Crippen molar-refractivity contribution in [3.05, 3.63) is 176 Å². The van der Waals surface area contributed by atoms with E-state index in [1.807, 2.05) is 42.7 Å². The summed E-state index contributed by atoms with van der Waals surface area (Å²) in [4.78, 5) is 14.9. The minimum Gasteiger partial charge on any atom is -0.308 e. The van der Waals surface area contributed by atoms with Crippen molar-refractivity contribution in [2.45, 2.75) is 0 Å². The van der Waals surface area contributed by atoms with Crippen LogP contribution in [0.25, 0.3) is 88.9 Å². The number of rotatable bonds is 5. The molecular formula is C45H29N5. The normalized spacial score (nSPS) is 11.6. The van der Waals surface area contributed by atoms with E-state index in [1.165, 1.54) is 10.8 Å². The van der Waals surface area contributed by atoms with Crippen molar-refractivity contribution in [1.29, 1.82) is 0 Å². The first-order chi connectivity index (χ1) is 24.8. The van der Waals surface area contributed by atoms with Crippen LogP contribution in [-0.2, 0) is 0 Å². The predicted molar refractivity (Wildman–Crippen MR) is 205 cm³/mol. The molecule has 5 nitrogen and oxygen atoms in total. The summed E-state index contributed by atoms with van der Waals surface area (Å²) < 4.78 is 4.61. The molecule has 0 amide bonds. The van der Waals surface area contributed by atoms with Gasteiger partial charge in [-0.1, -0.05) is 109 Å². The number of nitrogens with zero attached hydrogens (tertiary/aromatic N) is 5. The first-order valence-electron chi connectivity index (χ1n) is 16.8. The Kier molecular flexibility index (Phi) is 6.42. The van der Waals surface area contributed by atoms with E-state index in [2.05, 4.69) is 143 Å². The van der Waals surface area contributed by atoms with Crippen LogP contribution in [0.1, 0.15) is 0 Å². The molecule has 0 aliphatic heterocycles. The maximum atomic E-state index is 5.19. The summed E-state index contributed by atoms with van der Waals surface area (Å²) in [6, 6.07) is 57.4. The van der Waals surface area contributed by atoms with E-state index in [0.717, 1.165) is 72.3 Å². The highest BCUT2D eigenvalue weighted by Gasteiger charge is 2.20. The van der Waals surface area contributed by atoms with E-state index < -0.39 is 0 Å². The van der Waals surface area contributed by atoms with Crippen molar-refractivity contribution in [3.8, 4) is 45.1 Å². The Hall–Kier alpha value is -6.85. The number of benzene rings is 6. The van der Waals surface area contributed by atoms with Crippen molar-refractivity contribution in [2.75, 3.05) is 0 Å². The number of para-hydroxylation sites is 2. The topological polar surface area (TPSA) is 48.5 Å². The molecule has 0 N–H and O–H groups in total. The maximum Gasteiger partial charge on any atom is 0.159 e. The highest BCUT2D eigenvalue weighted by molar-refractivity contribution is 6.12. The first-order valence-corrected chi connectivity index (χ1v) is 16.8. The van der Waals surface area contributed by atoms with Gasteiger partial charge < -0.3 is 9.13 Å². The third-order valence-corrected chi connectivity index (χ3v) is 9.63. The lowest BCUT2D eigenvalue weighted by Crippen LogP contribution is -2.02. The summed E-state index contributed by atoms with van der Waals surface area (Å²) in [5.41, 5.74) is 12.7. The summed E-state index contributed by atoms with van der Waals surface area (Å²) >= 11 is 0. The van der Waals surface area contributed by atoms with Gasteiger partial charge in [0.2, 0.25) is 0 Å². The first kappa shape index (κ1) is 28.2. The van der Waals surface area contributed by atoms with Gasteiger partial charge in [0.15, 0.2) is 5.82 Å². The highest BCUT2D eigenvalue weighted by Crippen LogP contribution is 2.39. The van der Waals surface area contributed by atoms with Crippen molar-refractivity contribution in [2.24, 2.45) is 0 Å². The lowest BCUT2D eigenvalue weighted by molar-refractivity contribution is 1.09. The van der Waals surface area contributed by atoms with E-state index in [-0.39, 0.29) is 0 Å². The van der Waals surface area contributed by atoms with Gasteiger partial charge in [-0.25, -0.2) is 9.97 Å². The average molecular weight is 640 g/mol. The summed E-state index contributed by atoms with van der Waals surface area (Å²) in [6.07, 6.45) is 3.85. The second-order valence-corrected chi connectivity index (χ2v) is 12.5. The minimum atomic E-state index is 0.703. The minimum absolute atomic E-state index is 0.703. The fourth-order valence-corrected chi connectivity index (χ4v) is 7.36. The second kappa shape index (κ2) is 11.4. The molecule has 0 atom stereocenters. The summed E-state index contributed by atoms with van der Waals surface area (Å²) in [5.74, 6) is 0.703. The number of hydrogen-bond acceptors (Lipinski definition) is 3.